The van der Waals surface area contributed by atoms with Gasteiger partial charge in [0.15, 0.2) is 0 Å². The number of hydrogen-bond donors (Lipinski definition) is 4. The molecule has 1 rings (SSSR count). The smallest absolute Gasteiger partial charge is 0.247 e. The van der Waals surface area contributed by atoms with Crippen molar-refractivity contribution in [3.63, 3.8) is 0 Å². The molecule has 0 unspecified atom stereocenters. The lowest BCUT2D eigenvalue weighted by atomic mass is 11.0. The van der Waals surface area contributed by atoms with Gasteiger partial charge in [0.05, 0.1) is 6.33 Å². The van der Waals surface area contributed by atoms with Crippen LogP contribution in [0.2, 0.25) is 0 Å². The Balaban J connectivity index is 0.000000148. The molecule has 0 aliphatic rings. The van der Waals surface area contributed by atoms with Crippen LogP contribution < -0.4 is 5.50 Å². The number of nitrogens with zero attached hydrogens (tertiary/aromatic N) is 1. The maximum absolute atomic E-state index is 7.45. The topological polar surface area (TPSA) is 95.2 Å². The first-order valence-electron chi connectivity index (χ1n) is 2.09. The molecule has 52 valence electrons. The van der Waals surface area contributed by atoms with E-state index in [-0.39, 0.29) is 0 Å². The first-order chi connectivity index (χ1) is 4.23. The molecule has 1 aromatic rings. The first kappa shape index (κ1) is 8.52. The summed E-state index contributed by atoms with van der Waals surface area (Å²) < 4.78 is 0. The van der Waals surface area contributed by atoms with Crippen molar-refractivity contribution in [1.82, 2.24) is 9.97 Å². The summed E-state index contributed by atoms with van der Waals surface area (Å²) in [5, 5.41) is 0. The monoisotopic (exact) mass is 149 g/mol. The third kappa shape index (κ3) is 11.2. The Morgan fingerprint density at radius 2 is 2.11 bits per heavy atom. The highest BCUT2D eigenvalue weighted by atomic mass is 31.2. The van der Waals surface area contributed by atoms with Crippen molar-refractivity contribution in [3.05, 3.63) is 18.7 Å². The molecule has 6 heteroatoms. The van der Waals surface area contributed by atoms with Gasteiger partial charge < -0.3 is 14.8 Å². The SMILES string of the molecule is NP(O)O.c1c[nH]cn1. The van der Waals surface area contributed by atoms with Crippen LogP contribution in [0.15, 0.2) is 18.7 Å². The van der Waals surface area contributed by atoms with Gasteiger partial charge in [-0.05, 0) is 0 Å². The minimum Gasteiger partial charge on any atom is -0.351 e. The van der Waals surface area contributed by atoms with Gasteiger partial charge in [0.2, 0.25) is 8.53 Å². The van der Waals surface area contributed by atoms with Crippen molar-refractivity contribution in [3.8, 4) is 0 Å². The standard InChI is InChI=1S/C3H4N2.H4NO2P/c1-2-5-3-4-1;1-4(2)3/h1-3H,(H,4,5);2-3H,1H2. The van der Waals surface area contributed by atoms with Gasteiger partial charge in [-0.2, -0.15) is 0 Å². The molecule has 1 heterocycles. The largest absolute Gasteiger partial charge is 0.351 e. The van der Waals surface area contributed by atoms with E-state index >= 15 is 0 Å². The third-order valence-electron chi connectivity index (χ3n) is 0.406. The van der Waals surface area contributed by atoms with E-state index in [0.29, 0.717) is 0 Å². The zero-order valence-corrected chi connectivity index (χ0v) is 5.49. The molecule has 0 aromatic carbocycles. The number of nitrogens with one attached hydrogen (secondary N) is 1. The normalized spacial score (nSPS) is 8.44. The molecule has 0 aliphatic carbocycles. The highest BCUT2D eigenvalue weighted by molar-refractivity contribution is 7.42. The zero-order valence-electron chi connectivity index (χ0n) is 4.60. The molecule has 5 nitrogen and oxygen atoms in total. The van der Waals surface area contributed by atoms with E-state index in [4.69, 9.17) is 9.79 Å². The van der Waals surface area contributed by atoms with E-state index in [1.165, 1.54) is 0 Å². The van der Waals surface area contributed by atoms with Gasteiger partial charge in [-0.1, -0.05) is 0 Å². The van der Waals surface area contributed by atoms with Crippen molar-refractivity contribution < 1.29 is 9.79 Å². The van der Waals surface area contributed by atoms with Gasteiger partial charge in [-0.3, -0.25) is 5.50 Å². The molecule has 0 aliphatic heterocycles. The summed E-state index contributed by atoms with van der Waals surface area (Å²) in [7, 11) is -2.12. The predicted octanol–water partition coefficient (Wildman–Crippen LogP) is -0.434. The summed E-state index contributed by atoms with van der Waals surface area (Å²) in [4.78, 5) is 21.3. The lowest BCUT2D eigenvalue weighted by molar-refractivity contribution is 0.485. The van der Waals surface area contributed by atoms with Crippen molar-refractivity contribution in [2.24, 2.45) is 5.50 Å². The molecular formula is C3H8N3O2P. The molecule has 0 radical (unpaired) electrons. The van der Waals surface area contributed by atoms with Gasteiger partial charge in [0.1, 0.15) is 0 Å². The van der Waals surface area contributed by atoms with Gasteiger partial charge in [-0.15, -0.1) is 0 Å². The number of nitrogens with two attached hydrogens (primary N) is 1. The molecule has 0 saturated carbocycles. The molecule has 0 atom stereocenters. The van der Waals surface area contributed by atoms with Crippen LogP contribution in [0.4, 0.5) is 0 Å². The van der Waals surface area contributed by atoms with E-state index in [1.54, 1.807) is 18.7 Å². The second-order valence-electron chi connectivity index (χ2n) is 1.08. The lowest BCUT2D eigenvalue weighted by Crippen LogP contribution is -1.78. The van der Waals surface area contributed by atoms with Crippen LogP contribution in [0.25, 0.3) is 0 Å². The van der Waals surface area contributed by atoms with Crippen molar-refractivity contribution in [1.29, 1.82) is 0 Å². The summed E-state index contributed by atoms with van der Waals surface area (Å²) in [5.74, 6) is 0. The summed E-state index contributed by atoms with van der Waals surface area (Å²) in [6.07, 6.45) is 5.08. The average Bonchev–Trinajstić information content (AvgIpc) is 2.11. The Hall–Kier alpha value is -0.480. The van der Waals surface area contributed by atoms with Crippen LogP contribution in [0, 0.1) is 0 Å². The highest BCUT2D eigenvalue weighted by Gasteiger charge is 1.72. The number of aromatic amines is 1. The fraction of sp³-hybridized carbons (Fsp3) is 0. The first-order valence-corrected chi connectivity index (χ1v) is 3.40. The van der Waals surface area contributed by atoms with E-state index in [9.17, 15) is 0 Å². The number of rotatable bonds is 0. The van der Waals surface area contributed by atoms with Crippen LogP contribution in [0.3, 0.4) is 0 Å². The average molecular weight is 149 g/mol. The number of H-pyrrole nitrogens is 1. The predicted molar refractivity (Wildman–Crippen MR) is 34.1 cm³/mol. The van der Waals surface area contributed by atoms with Crippen LogP contribution in [0.5, 0.6) is 0 Å². The van der Waals surface area contributed by atoms with Crippen molar-refractivity contribution in [2.75, 3.05) is 0 Å². The third-order valence-corrected chi connectivity index (χ3v) is 0.406. The summed E-state index contributed by atoms with van der Waals surface area (Å²) in [5.41, 5.74) is 4.29. The molecule has 0 bridgehead atoms. The molecule has 0 amide bonds. The molecular weight excluding hydrogens is 141 g/mol. The van der Waals surface area contributed by atoms with Crippen LogP contribution in [-0.4, -0.2) is 19.8 Å². The second kappa shape index (κ2) is 5.65. The maximum Gasteiger partial charge on any atom is 0.247 e. The zero-order chi connectivity index (χ0) is 7.11. The highest BCUT2D eigenvalue weighted by Crippen LogP contribution is 2.05. The summed E-state index contributed by atoms with van der Waals surface area (Å²) in [6.45, 7) is 0. The Morgan fingerprint density at radius 3 is 2.22 bits per heavy atom. The Morgan fingerprint density at radius 1 is 1.56 bits per heavy atom. The fourth-order valence-corrected chi connectivity index (χ4v) is 0.215. The van der Waals surface area contributed by atoms with Crippen LogP contribution in [0.1, 0.15) is 0 Å². The molecule has 0 spiro atoms. The fourth-order valence-electron chi connectivity index (χ4n) is 0.215. The minimum absolute atomic E-state index is 1.62. The van der Waals surface area contributed by atoms with E-state index in [2.05, 4.69) is 15.5 Å². The maximum atomic E-state index is 7.45. The minimum atomic E-state index is -2.12. The van der Waals surface area contributed by atoms with Gasteiger partial charge in [0, 0.05) is 12.4 Å². The summed E-state index contributed by atoms with van der Waals surface area (Å²) >= 11 is 0. The second-order valence-corrected chi connectivity index (χ2v) is 1.72. The van der Waals surface area contributed by atoms with E-state index in [1.807, 2.05) is 0 Å². The van der Waals surface area contributed by atoms with Gasteiger partial charge >= 0.3 is 0 Å². The van der Waals surface area contributed by atoms with Gasteiger partial charge in [-0.25, -0.2) is 4.98 Å². The quantitative estimate of drug-likeness (QED) is 0.376. The Kier molecular flexibility index (Phi) is 5.35. The molecule has 5 N–H and O–H groups in total. The number of imidazole rings is 1. The lowest BCUT2D eigenvalue weighted by Gasteiger charge is -1.79. The van der Waals surface area contributed by atoms with Crippen LogP contribution >= 0.6 is 8.53 Å². The molecule has 0 fully saturated rings. The number of hydrogen-bond acceptors (Lipinski definition) is 4. The van der Waals surface area contributed by atoms with Crippen molar-refractivity contribution >= 4 is 8.53 Å². The Labute approximate surface area is 53.5 Å². The van der Waals surface area contributed by atoms with E-state index in [0.717, 1.165) is 0 Å². The molecule has 9 heavy (non-hydrogen) atoms. The molecule has 0 saturated heterocycles. The van der Waals surface area contributed by atoms with E-state index < -0.39 is 8.53 Å². The van der Waals surface area contributed by atoms with Gasteiger partial charge in [0.25, 0.3) is 0 Å². The number of aromatic nitrogens is 2. The van der Waals surface area contributed by atoms with Crippen LogP contribution in [-0.2, 0) is 0 Å². The molecule has 1 aromatic heterocycles. The summed E-state index contributed by atoms with van der Waals surface area (Å²) in [6, 6.07) is 0. The Bertz CT molecular complexity index is 101. The van der Waals surface area contributed by atoms with Crippen molar-refractivity contribution in [2.45, 2.75) is 0 Å².